The maximum Gasteiger partial charge on any atom is 0.272 e. The molecule has 3 N–H and O–H groups in total. The molecule has 1 saturated carbocycles. The van der Waals surface area contributed by atoms with E-state index in [9.17, 15) is 19.6 Å². The first kappa shape index (κ1) is 14.7. The molecular weight excluding hydrogens is 263 g/mol. The molecule has 0 heterocycles. The van der Waals surface area contributed by atoms with Crippen molar-refractivity contribution in [2.24, 2.45) is 11.7 Å². The van der Waals surface area contributed by atoms with Crippen LogP contribution in [0.1, 0.15) is 30.9 Å². The number of nitrogens with two attached hydrogens (primary N) is 1. The summed E-state index contributed by atoms with van der Waals surface area (Å²) in [5.41, 5.74) is 5.63. The van der Waals surface area contributed by atoms with Gasteiger partial charge in [0.15, 0.2) is 11.6 Å². The highest BCUT2D eigenvalue weighted by Gasteiger charge is 2.29. The molecule has 1 aromatic rings. The molecule has 1 fully saturated rings. The van der Waals surface area contributed by atoms with Gasteiger partial charge in [0.25, 0.3) is 5.69 Å². The Labute approximate surface area is 109 Å². The third-order valence-corrected chi connectivity index (χ3v) is 3.31. The van der Waals surface area contributed by atoms with E-state index in [1.807, 2.05) is 0 Å². The van der Waals surface area contributed by atoms with Crippen molar-refractivity contribution in [3.63, 3.8) is 0 Å². The van der Waals surface area contributed by atoms with Gasteiger partial charge >= 0.3 is 0 Å². The first-order valence-electron chi connectivity index (χ1n) is 5.43. The number of nitrogens with zero attached hydrogens (tertiary/aromatic N) is 1. The Hall–Kier alpha value is -1.40. The molecule has 0 saturated heterocycles. The summed E-state index contributed by atoms with van der Waals surface area (Å²) < 4.78 is 13.3. The highest BCUT2D eigenvalue weighted by molar-refractivity contribution is 5.85. The second-order valence-corrected chi connectivity index (χ2v) is 4.34. The Morgan fingerprint density at radius 3 is 2.56 bits per heavy atom. The first-order valence-corrected chi connectivity index (χ1v) is 5.43. The van der Waals surface area contributed by atoms with Gasteiger partial charge in [-0.2, -0.15) is 0 Å². The van der Waals surface area contributed by atoms with Crippen molar-refractivity contribution in [2.45, 2.75) is 25.3 Å². The summed E-state index contributed by atoms with van der Waals surface area (Å²) in [6.07, 6.45) is 2.87. The summed E-state index contributed by atoms with van der Waals surface area (Å²) in [6, 6.07) is 1.31. The van der Waals surface area contributed by atoms with Crippen molar-refractivity contribution >= 4 is 18.1 Å². The smallest absolute Gasteiger partial charge is 0.272 e. The largest absolute Gasteiger partial charge is 0.505 e. The fraction of sp³-hybridized carbons (Fsp3) is 0.455. The van der Waals surface area contributed by atoms with Crippen LogP contribution < -0.4 is 5.73 Å². The van der Waals surface area contributed by atoms with Crippen LogP contribution in [0.5, 0.6) is 5.75 Å². The molecule has 0 amide bonds. The zero-order valence-corrected chi connectivity index (χ0v) is 10.3. The van der Waals surface area contributed by atoms with E-state index in [0.717, 1.165) is 25.3 Å². The van der Waals surface area contributed by atoms with E-state index in [1.165, 1.54) is 0 Å². The molecule has 0 radical (unpaired) electrons. The van der Waals surface area contributed by atoms with E-state index in [-0.39, 0.29) is 29.6 Å². The SMILES string of the molecule is Cl.N[C@@H](c1cc([N+](=O)[O-])cc(F)c1O)C1CCC1. The number of halogens is 2. The minimum atomic E-state index is -0.996. The molecule has 7 heteroatoms. The van der Waals surface area contributed by atoms with Gasteiger partial charge in [-0.15, -0.1) is 12.4 Å². The Balaban J connectivity index is 0.00000162. The number of non-ortho nitro benzene ring substituents is 1. The standard InChI is InChI=1S/C11H13FN2O3.ClH/c12-9-5-7(14(16)17)4-8(11(9)15)10(13)6-2-1-3-6;/h4-6,10,15H,1-3,13H2;1H/t10-;/m1./s1. The second kappa shape index (κ2) is 5.49. The topological polar surface area (TPSA) is 89.4 Å². The summed E-state index contributed by atoms with van der Waals surface area (Å²) >= 11 is 0. The Morgan fingerprint density at radius 2 is 2.11 bits per heavy atom. The molecule has 0 aromatic heterocycles. The summed E-state index contributed by atoms with van der Waals surface area (Å²) in [5.74, 6) is -1.40. The number of hydrogen-bond donors (Lipinski definition) is 2. The van der Waals surface area contributed by atoms with E-state index >= 15 is 0 Å². The highest BCUT2D eigenvalue weighted by Crippen LogP contribution is 2.40. The van der Waals surface area contributed by atoms with Crippen molar-refractivity contribution in [1.29, 1.82) is 0 Å². The van der Waals surface area contributed by atoms with Gasteiger partial charge < -0.3 is 10.8 Å². The number of hydrogen-bond acceptors (Lipinski definition) is 4. The lowest BCUT2D eigenvalue weighted by molar-refractivity contribution is -0.385. The van der Waals surface area contributed by atoms with Crippen LogP contribution in [0.15, 0.2) is 12.1 Å². The summed E-state index contributed by atoms with van der Waals surface area (Å²) in [5, 5.41) is 20.2. The summed E-state index contributed by atoms with van der Waals surface area (Å²) in [6.45, 7) is 0. The van der Waals surface area contributed by atoms with Crippen molar-refractivity contribution in [3.8, 4) is 5.75 Å². The molecule has 1 aromatic carbocycles. The molecule has 18 heavy (non-hydrogen) atoms. The number of benzene rings is 1. The number of aromatic hydroxyl groups is 1. The Bertz CT molecular complexity index is 466. The predicted molar refractivity (Wildman–Crippen MR) is 66.2 cm³/mol. The second-order valence-electron chi connectivity index (χ2n) is 4.34. The van der Waals surface area contributed by atoms with Crippen LogP contribution in [0.25, 0.3) is 0 Å². The van der Waals surface area contributed by atoms with Gasteiger partial charge in [-0.1, -0.05) is 6.42 Å². The van der Waals surface area contributed by atoms with Crippen LogP contribution >= 0.6 is 12.4 Å². The average molecular weight is 277 g/mol. The van der Waals surface area contributed by atoms with E-state index in [0.29, 0.717) is 6.07 Å². The maximum absolute atomic E-state index is 13.3. The molecule has 1 aliphatic rings. The maximum atomic E-state index is 13.3. The monoisotopic (exact) mass is 276 g/mol. The van der Waals surface area contributed by atoms with Gasteiger partial charge in [0.05, 0.1) is 11.0 Å². The zero-order chi connectivity index (χ0) is 12.6. The molecule has 100 valence electrons. The molecule has 1 atom stereocenters. The lowest BCUT2D eigenvalue weighted by Gasteiger charge is -2.31. The van der Waals surface area contributed by atoms with Crippen LogP contribution in [0.4, 0.5) is 10.1 Å². The number of rotatable bonds is 3. The minimum Gasteiger partial charge on any atom is -0.505 e. The van der Waals surface area contributed by atoms with Crippen LogP contribution in [-0.2, 0) is 0 Å². The fourth-order valence-electron chi connectivity index (χ4n) is 2.02. The summed E-state index contributed by atoms with van der Waals surface area (Å²) in [4.78, 5) is 9.91. The van der Waals surface area contributed by atoms with Crippen LogP contribution in [0.2, 0.25) is 0 Å². The van der Waals surface area contributed by atoms with Gasteiger partial charge in [0.1, 0.15) is 0 Å². The van der Waals surface area contributed by atoms with Gasteiger partial charge in [0.2, 0.25) is 0 Å². The molecule has 0 aliphatic heterocycles. The van der Waals surface area contributed by atoms with Crippen LogP contribution in [-0.4, -0.2) is 10.0 Å². The molecule has 5 nitrogen and oxygen atoms in total. The lowest BCUT2D eigenvalue weighted by Crippen LogP contribution is -2.27. The highest BCUT2D eigenvalue weighted by atomic mass is 35.5. The third kappa shape index (κ3) is 2.54. The Morgan fingerprint density at radius 1 is 1.50 bits per heavy atom. The van der Waals surface area contributed by atoms with Crippen LogP contribution in [0, 0.1) is 21.8 Å². The summed E-state index contributed by atoms with van der Waals surface area (Å²) in [7, 11) is 0. The number of nitro groups is 1. The van der Waals surface area contributed by atoms with Crippen molar-refractivity contribution < 1.29 is 14.4 Å². The van der Waals surface area contributed by atoms with Crippen molar-refractivity contribution in [1.82, 2.24) is 0 Å². The van der Waals surface area contributed by atoms with Crippen molar-refractivity contribution in [3.05, 3.63) is 33.6 Å². The molecule has 1 aliphatic carbocycles. The third-order valence-electron chi connectivity index (χ3n) is 3.31. The van der Waals surface area contributed by atoms with Gasteiger partial charge in [0, 0.05) is 17.7 Å². The average Bonchev–Trinajstić information content (AvgIpc) is 2.18. The normalized spacial score (nSPS) is 16.6. The predicted octanol–water partition coefficient (Wildman–Crippen LogP) is 2.66. The zero-order valence-electron chi connectivity index (χ0n) is 9.51. The first-order chi connectivity index (χ1) is 8.00. The van der Waals surface area contributed by atoms with Crippen LogP contribution in [0.3, 0.4) is 0 Å². The molecule has 0 spiro atoms. The van der Waals surface area contributed by atoms with Crippen molar-refractivity contribution in [2.75, 3.05) is 0 Å². The molecular formula is C11H14ClFN2O3. The number of phenols is 1. The number of nitro benzene ring substituents is 1. The molecule has 2 rings (SSSR count). The van der Waals surface area contributed by atoms with E-state index in [2.05, 4.69) is 0 Å². The fourth-order valence-corrected chi connectivity index (χ4v) is 2.02. The molecule has 0 unspecified atom stereocenters. The molecule has 0 bridgehead atoms. The quantitative estimate of drug-likeness (QED) is 0.656. The van der Waals surface area contributed by atoms with Gasteiger partial charge in [-0.05, 0) is 18.8 Å². The van der Waals surface area contributed by atoms with Gasteiger partial charge in [-0.3, -0.25) is 10.1 Å². The van der Waals surface area contributed by atoms with E-state index in [4.69, 9.17) is 5.73 Å². The van der Waals surface area contributed by atoms with Gasteiger partial charge in [-0.25, -0.2) is 4.39 Å². The van der Waals surface area contributed by atoms with E-state index in [1.54, 1.807) is 0 Å². The lowest BCUT2D eigenvalue weighted by atomic mass is 9.77. The number of phenolic OH excluding ortho intramolecular Hbond substituents is 1. The Kier molecular flexibility index (Phi) is 4.48. The minimum absolute atomic E-state index is 0. The van der Waals surface area contributed by atoms with E-state index < -0.39 is 22.5 Å².